The quantitative estimate of drug-likeness (QED) is 0.528. The van der Waals surface area contributed by atoms with E-state index >= 15 is 0 Å². The van der Waals surface area contributed by atoms with Crippen molar-refractivity contribution < 1.29 is 9.47 Å². The maximum atomic E-state index is 13.3. The maximum absolute atomic E-state index is 13.3. The Labute approximate surface area is 160 Å². The van der Waals surface area contributed by atoms with Crippen molar-refractivity contribution in [1.29, 1.82) is 0 Å². The van der Waals surface area contributed by atoms with E-state index in [0.717, 1.165) is 30.5 Å². The Hall–Kier alpha value is -2.84. The molecule has 4 aromatic rings. The van der Waals surface area contributed by atoms with E-state index in [4.69, 9.17) is 19.4 Å². The Morgan fingerprint density at radius 1 is 1.21 bits per heavy atom. The number of hydrogen-bond donors (Lipinski definition) is 0. The number of hydrogen-bond acceptors (Lipinski definition) is 6. The van der Waals surface area contributed by atoms with Crippen LogP contribution < -0.4 is 5.56 Å². The molecule has 1 aliphatic heterocycles. The van der Waals surface area contributed by atoms with Gasteiger partial charge in [0, 0.05) is 20.3 Å². The van der Waals surface area contributed by atoms with Gasteiger partial charge in [-0.3, -0.25) is 9.36 Å². The van der Waals surface area contributed by atoms with Crippen LogP contribution in [0.2, 0.25) is 0 Å². The molecule has 1 aromatic carbocycles. The van der Waals surface area contributed by atoms with Gasteiger partial charge < -0.3 is 14.0 Å². The molecule has 0 spiro atoms. The van der Waals surface area contributed by atoms with Gasteiger partial charge in [-0.25, -0.2) is 15.0 Å². The minimum Gasteiger partial charge on any atom is -0.383 e. The molecule has 0 N–H and O–H groups in total. The molecule has 144 valence electrons. The van der Waals surface area contributed by atoms with E-state index in [-0.39, 0.29) is 11.7 Å². The molecule has 0 unspecified atom stereocenters. The van der Waals surface area contributed by atoms with E-state index in [1.807, 2.05) is 28.8 Å². The highest BCUT2D eigenvalue weighted by Gasteiger charge is 2.22. The van der Waals surface area contributed by atoms with Gasteiger partial charge in [0.25, 0.3) is 5.56 Å². The highest BCUT2D eigenvalue weighted by atomic mass is 16.5. The molecule has 0 saturated carbocycles. The third-order valence-electron chi connectivity index (χ3n) is 5.26. The number of benzene rings is 1. The third-order valence-corrected chi connectivity index (χ3v) is 5.26. The average Bonchev–Trinajstić information content (AvgIpc) is 3.33. The zero-order chi connectivity index (χ0) is 19.1. The fourth-order valence-electron chi connectivity index (χ4n) is 3.87. The van der Waals surface area contributed by atoms with Crippen molar-refractivity contribution in [1.82, 2.24) is 24.1 Å². The van der Waals surface area contributed by atoms with Crippen LogP contribution in [0, 0.1) is 0 Å². The van der Waals surface area contributed by atoms with E-state index < -0.39 is 0 Å². The molecule has 0 amide bonds. The van der Waals surface area contributed by atoms with Crippen molar-refractivity contribution in [2.24, 2.45) is 0 Å². The summed E-state index contributed by atoms with van der Waals surface area (Å²) in [5.74, 6) is 0. The van der Waals surface area contributed by atoms with E-state index in [1.54, 1.807) is 18.0 Å². The predicted octanol–water partition coefficient (Wildman–Crippen LogP) is 2.12. The van der Waals surface area contributed by atoms with E-state index in [0.29, 0.717) is 41.9 Å². The first-order valence-corrected chi connectivity index (χ1v) is 9.51. The van der Waals surface area contributed by atoms with E-state index in [9.17, 15) is 4.79 Å². The first-order valence-electron chi connectivity index (χ1n) is 9.51. The first-order chi connectivity index (χ1) is 13.8. The lowest BCUT2D eigenvalue weighted by Gasteiger charge is -2.11. The van der Waals surface area contributed by atoms with Gasteiger partial charge in [0.15, 0.2) is 11.3 Å². The number of ether oxygens (including phenoxy) is 2. The van der Waals surface area contributed by atoms with Gasteiger partial charge in [0.2, 0.25) is 0 Å². The number of aromatic nitrogens is 5. The van der Waals surface area contributed by atoms with Crippen LogP contribution in [-0.4, -0.2) is 50.5 Å². The highest BCUT2D eigenvalue weighted by Crippen LogP contribution is 2.25. The highest BCUT2D eigenvalue weighted by molar-refractivity contribution is 6.04. The lowest BCUT2D eigenvalue weighted by atomic mass is 10.2. The van der Waals surface area contributed by atoms with Crippen LogP contribution in [0.5, 0.6) is 0 Å². The van der Waals surface area contributed by atoms with Crippen LogP contribution in [0.15, 0.2) is 35.4 Å². The Balaban J connectivity index is 1.77. The Morgan fingerprint density at radius 2 is 2.04 bits per heavy atom. The van der Waals surface area contributed by atoms with Crippen LogP contribution in [0.1, 0.15) is 12.8 Å². The molecule has 5 rings (SSSR count). The molecule has 0 aliphatic carbocycles. The van der Waals surface area contributed by atoms with Crippen LogP contribution in [-0.2, 0) is 22.6 Å². The summed E-state index contributed by atoms with van der Waals surface area (Å²) in [5.41, 5.74) is 3.28. The molecule has 8 nitrogen and oxygen atoms in total. The fourth-order valence-corrected chi connectivity index (χ4v) is 3.87. The summed E-state index contributed by atoms with van der Waals surface area (Å²) in [6.07, 6.45) is 3.66. The van der Waals surface area contributed by atoms with Gasteiger partial charge in [-0.2, -0.15) is 0 Å². The molecule has 1 fully saturated rings. The van der Waals surface area contributed by atoms with Gasteiger partial charge >= 0.3 is 0 Å². The predicted molar refractivity (Wildman–Crippen MR) is 105 cm³/mol. The normalized spacial score (nSPS) is 17.2. The summed E-state index contributed by atoms with van der Waals surface area (Å²) in [7, 11) is 1.65. The molecule has 1 aliphatic rings. The van der Waals surface area contributed by atoms with Gasteiger partial charge in [-0.1, -0.05) is 12.1 Å². The Bertz CT molecular complexity index is 1220. The Kier molecular flexibility index (Phi) is 4.29. The van der Waals surface area contributed by atoms with Gasteiger partial charge in [0.1, 0.15) is 10.9 Å². The molecular formula is C20H21N5O3. The molecule has 3 aromatic heterocycles. The van der Waals surface area contributed by atoms with Gasteiger partial charge in [-0.15, -0.1) is 0 Å². The van der Waals surface area contributed by atoms with Crippen molar-refractivity contribution in [3.63, 3.8) is 0 Å². The largest absolute Gasteiger partial charge is 0.383 e. The minimum absolute atomic E-state index is 0.0608. The van der Waals surface area contributed by atoms with Crippen LogP contribution in [0.4, 0.5) is 0 Å². The van der Waals surface area contributed by atoms with Crippen molar-refractivity contribution in [3.8, 4) is 0 Å². The SMILES string of the molecule is COCCn1c2nc3ccccc3nc2c2c(=O)n(C[C@@H]3CCCO3)cnc21. The Morgan fingerprint density at radius 3 is 2.79 bits per heavy atom. The lowest BCUT2D eigenvalue weighted by Crippen LogP contribution is -2.26. The number of nitrogens with zero attached hydrogens (tertiary/aromatic N) is 5. The minimum atomic E-state index is -0.105. The monoisotopic (exact) mass is 379 g/mol. The van der Waals surface area contributed by atoms with Crippen LogP contribution in [0.3, 0.4) is 0 Å². The number of rotatable bonds is 5. The van der Waals surface area contributed by atoms with Crippen molar-refractivity contribution in [2.75, 3.05) is 20.3 Å². The molecule has 1 saturated heterocycles. The standard InChI is InChI=1S/C20H21N5O3/c1-27-10-8-25-18-16(17-19(25)23-15-7-3-2-6-14(15)22-17)20(26)24(12-21-18)11-13-5-4-9-28-13/h2-3,6-7,12-13H,4-5,8-11H2,1H3/t13-/m0/s1. The third kappa shape index (κ3) is 2.76. The summed E-state index contributed by atoms with van der Waals surface area (Å²) in [6.45, 7) is 2.30. The van der Waals surface area contributed by atoms with E-state index in [2.05, 4.69) is 4.98 Å². The van der Waals surface area contributed by atoms with Crippen molar-refractivity contribution in [2.45, 2.75) is 32.0 Å². The number of para-hydroxylation sites is 2. The molecule has 1 atom stereocenters. The molecule has 28 heavy (non-hydrogen) atoms. The summed E-state index contributed by atoms with van der Waals surface area (Å²) in [4.78, 5) is 27.4. The second kappa shape index (κ2) is 6.96. The molecule has 4 heterocycles. The van der Waals surface area contributed by atoms with Crippen LogP contribution in [0.25, 0.3) is 33.2 Å². The molecule has 8 heteroatoms. The first kappa shape index (κ1) is 17.3. The molecular weight excluding hydrogens is 358 g/mol. The molecule has 0 radical (unpaired) electrons. The van der Waals surface area contributed by atoms with Crippen LogP contribution >= 0.6 is 0 Å². The zero-order valence-electron chi connectivity index (χ0n) is 15.7. The smallest absolute Gasteiger partial charge is 0.265 e. The van der Waals surface area contributed by atoms with E-state index in [1.165, 1.54) is 0 Å². The lowest BCUT2D eigenvalue weighted by molar-refractivity contribution is 0.0960. The van der Waals surface area contributed by atoms with Crippen molar-refractivity contribution in [3.05, 3.63) is 40.9 Å². The number of methoxy groups -OCH3 is 1. The zero-order valence-corrected chi connectivity index (χ0v) is 15.7. The van der Waals surface area contributed by atoms with Gasteiger partial charge in [0.05, 0.1) is 36.6 Å². The summed E-state index contributed by atoms with van der Waals surface area (Å²) < 4.78 is 14.5. The summed E-state index contributed by atoms with van der Waals surface area (Å²) in [5, 5.41) is 0.504. The summed E-state index contributed by atoms with van der Waals surface area (Å²) in [6, 6.07) is 7.67. The fraction of sp³-hybridized carbons (Fsp3) is 0.400. The van der Waals surface area contributed by atoms with Gasteiger partial charge in [-0.05, 0) is 25.0 Å². The second-order valence-electron chi connectivity index (χ2n) is 7.06. The van der Waals surface area contributed by atoms with Crippen molar-refractivity contribution >= 4 is 33.2 Å². The molecule has 0 bridgehead atoms. The number of fused-ring (bicyclic) bond motifs is 4. The maximum Gasteiger partial charge on any atom is 0.265 e. The topological polar surface area (TPSA) is 84.1 Å². The second-order valence-corrected chi connectivity index (χ2v) is 7.06. The average molecular weight is 379 g/mol. The summed E-state index contributed by atoms with van der Waals surface area (Å²) >= 11 is 0.